The van der Waals surface area contributed by atoms with E-state index in [0.717, 1.165) is 4.90 Å². The Bertz CT molecular complexity index is 1560. The van der Waals surface area contributed by atoms with Gasteiger partial charge in [0.1, 0.15) is 10.8 Å². The van der Waals surface area contributed by atoms with Crippen molar-refractivity contribution in [3.63, 3.8) is 0 Å². The second-order valence-electron chi connectivity index (χ2n) is 9.49. The molecule has 1 aliphatic heterocycles. The molecule has 1 aromatic heterocycles. The lowest BCUT2D eigenvalue weighted by Crippen LogP contribution is -2.31. The molecule has 40 heavy (non-hydrogen) atoms. The van der Waals surface area contributed by atoms with Gasteiger partial charge in [-0.15, -0.1) is 0 Å². The fourth-order valence-electron chi connectivity index (χ4n) is 3.97. The number of rotatable bonds is 9. The molecule has 0 atom stereocenters. The number of fused-ring (bicyclic) bond motifs is 1. The number of halogens is 1. The van der Waals surface area contributed by atoms with Gasteiger partial charge in [-0.25, -0.2) is 23.1 Å². The molecule has 0 fully saturated rings. The molecule has 0 saturated carbocycles. The smallest absolute Gasteiger partial charge is 0.417 e. The van der Waals surface area contributed by atoms with Gasteiger partial charge in [0.2, 0.25) is 5.95 Å². The van der Waals surface area contributed by atoms with E-state index in [4.69, 9.17) is 21.1 Å². The number of hydrogen-bond acceptors (Lipinski definition) is 10. The lowest BCUT2D eigenvalue weighted by molar-refractivity contribution is 0.0693. The van der Waals surface area contributed by atoms with Crippen LogP contribution in [0.4, 0.5) is 27.9 Å². The normalized spacial score (nSPS) is 13.0. The van der Waals surface area contributed by atoms with Crippen LogP contribution in [0.1, 0.15) is 50.5 Å². The summed E-state index contributed by atoms with van der Waals surface area (Å²) < 4.78 is 36.8. The van der Waals surface area contributed by atoms with Gasteiger partial charge in [-0.1, -0.05) is 23.7 Å². The Morgan fingerprint density at radius 3 is 2.52 bits per heavy atom. The molecule has 0 aliphatic carbocycles. The first-order valence-corrected chi connectivity index (χ1v) is 14.6. The SMILES string of the molecule is CCOC(=O)N1Cc2cc(OC(C)C)c(Nc3ncc(Cl)c(Nc4ccccc4S(=O)(=O)C(C)C)n3)cc2C1=O. The van der Waals surface area contributed by atoms with Crippen molar-refractivity contribution in [2.75, 3.05) is 17.2 Å². The van der Waals surface area contributed by atoms with Gasteiger partial charge >= 0.3 is 6.09 Å². The molecule has 0 bridgehead atoms. The van der Waals surface area contributed by atoms with Crippen LogP contribution in [0.15, 0.2) is 47.5 Å². The van der Waals surface area contributed by atoms with Crippen molar-refractivity contribution >= 4 is 56.6 Å². The van der Waals surface area contributed by atoms with Gasteiger partial charge in [0.25, 0.3) is 5.91 Å². The zero-order valence-electron chi connectivity index (χ0n) is 22.7. The number of hydrogen-bond donors (Lipinski definition) is 2. The van der Waals surface area contributed by atoms with Crippen LogP contribution in [-0.2, 0) is 21.1 Å². The number of benzene rings is 2. The van der Waals surface area contributed by atoms with Crippen LogP contribution in [0.25, 0.3) is 0 Å². The molecule has 3 aromatic rings. The first kappa shape index (κ1) is 29.1. The molecule has 1 aliphatic rings. The number of nitrogens with zero attached hydrogens (tertiary/aromatic N) is 3. The minimum Gasteiger partial charge on any atom is -0.489 e. The number of anilines is 4. The number of amides is 2. The predicted octanol–water partition coefficient (Wildman–Crippen LogP) is 5.70. The van der Waals surface area contributed by atoms with Crippen molar-refractivity contribution in [3.05, 3.63) is 58.7 Å². The van der Waals surface area contributed by atoms with E-state index in [1.54, 1.807) is 51.1 Å². The topological polar surface area (TPSA) is 140 Å². The van der Waals surface area contributed by atoms with Crippen LogP contribution >= 0.6 is 11.6 Å². The van der Waals surface area contributed by atoms with Crippen LogP contribution in [0.2, 0.25) is 5.02 Å². The highest BCUT2D eigenvalue weighted by Gasteiger charge is 2.34. The first-order valence-electron chi connectivity index (χ1n) is 12.6. The number of nitrogens with one attached hydrogen (secondary N) is 2. The monoisotopic (exact) mass is 587 g/mol. The zero-order chi connectivity index (χ0) is 29.2. The molecule has 13 heteroatoms. The Hall–Kier alpha value is -3.90. The average Bonchev–Trinajstić information content (AvgIpc) is 3.21. The second-order valence-corrected chi connectivity index (χ2v) is 12.4. The van der Waals surface area contributed by atoms with Crippen molar-refractivity contribution in [1.29, 1.82) is 0 Å². The highest BCUT2D eigenvalue weighted by Crippen LogP contribution is 2.37. The van der Waals surface area contributed by atoms with Crippen molar-refractivity contribution < 1.29 is 27.5 Å². The van der Waals surface area contributed by atoms with Gasteiger partial charge in [0.15, 0.2) is 15.7 Å². The predicted molar refractivity (Wildman–Crippen MR) is 151 cm³/mol. The van der Waals surface area contributed by atoms with Crippen molar-refractivity contribution in [3.8, 4) is 5.75 Å². The Labute approximate surface area is 237 Å². The quantitative estimate of drug-likeness (QED) is 0.320. The van der Waals surface area contributed by atoms with Crippen LogP contribution in [0.5, 0.6) is 5.75 Å². The molecule has 0 spiro atoms. The summed E-state index contributed by atoms with van der Waals surface area (Å²) in [6.07, 6.45) is 0.448. The Kier molecular flexibility index (Phi) is 8.50. The molecule has 212 valence electrons. The third-order valence-electron chi connectivity index (χ3n) is 5.92. The molecule has 4 rings (SSSR count). The average molecular weight is 588 g/mol. The minimum absolute atomic E-state index is 0.0615. The maximum atomic E-state index is 13.0. The van der Waals surface area contributed by atoms with E-state index in [-0.39, 0.29) is 40.9 Å². The lowest BCUT2D eigenvalue weighted by atomic mass is 10.1. The second kappa shape index (κ2) is 11.7. The molecule has 11 nitrogen and oxygen atoms in total. The Balaban J connectivity index is 1.68. The molecule has 0 radical (unpaired) electrons. The molecule has 2 heterocycles. The molecule has 2 aromatic carbocycles. The van der Waals surface area contributed by atoms with Crippen molar-refractivity contribution in [2.45, 2.75) is 57.4 Å². The standard InChI is InChI=1S/C27H30ClN5O6S/c1-6-38-27(35)33-14-17-11-22(39-15(2)3)21(12-18(17)25(33)34)31-26-29-13-19(28)24(32-26)30-20-9-7-8-10-23(20)40(36,37)16(4)5/h7-13,15-16H,6,14H2,1-5H3,(H2,29,30,31,32). The first-order chi connectivity index (χ1) is 18.9. The number of ether oxygens (including phenoxy) is 2. The molecule has 2 amide bonds. The van der Waals surface area contributed by atoms with Gasteiger partial charge < -0.3 is 20.1 Å². The van der Waals surface area contributed by atoms with E-state index in [2.05, 4.69) is 20.6 Å². The van der Waals surface area contributed by atoms with E-state index >= 15 is 0 Å². The highest BCUT2D eigenvalue weighted by molar-refractivity contribution is 7.92. The van der Waals surface area contributed by atoms with Gasteiger partial charge in [-0.3, -0.25) is 4.79 Å². The molecular weight excluding hydrogens is 558 g/mol. The van der Waals surface area contributed by atoms with E-state index < -0.39 is 27.1 Å². The minimum atomic E-state index is -3.59. The summed E-state index contributed by atoms with van der Waals surface area (Å²) in [6, 6.07) is 9.75. The fraction of sp³-hybridized carbons (Fsp3) is 0.333. The van der Waals surface area contributed by atoms with E-state index in [1.165, 1.54) is 12.3 Å². The van der Waals surface area contributed by atoms with E-state index in [1.807, 2.05) is 13.8 Å². The number of imide groups is 1. The van der Waals surface area contributed by atoms with Gasteiger partial charge in [0.05, 0.1) is 47.0 Å². The summed E-state index contributed by atoms with van der Waals surface area (Å²) in [5, 5.41) is 5.60. The van der Waals surface area contributed by atoms with Gasteiger partial charge in [0, 0.05) is 5.56 Å². The molecule has 2 N–H and O–H groups in total. The van der Waals surface area contributed by atoms with Crippen LogP contribution in [-0.4, -0.2) is 53.2 Å². The van der Waals surface area contributed by atoms with E-state index in [0.29, 0.717) is 28.3 Å². The van der Waals surface area contributed by atoms with Crippen LogP contribution in [0, 0.1) is 0 Å². The summed E-state index contributed by atoms with van der Waals surface area (Å²) >= 11 is 6.36. The third kappa shape index (κ3) is 5.97. The summed E-state index contributed by atoms with van der Waals surface area (Å²) in [7, 11) is -3.59. The third-order valence-corrected chi connectivity index (χ3v) is 8.40. The Morgan fingerprint density at radius 2 is 1.85 bits per heavy atom. The summed E-state index contributed by atoms with van der Waals surface area (Å²) in [6.45, 7) is 8.80. The van der Waals surface area contributed by atoms with Crippen LogP contribution < -0.4 is 15.4 Å². The number of carbonyl (C=O) groups excluding carboxylic acids is 2. The number of sulfone groups is 1. The molecular formula is C27H30ClN5O6S. The lowest BCUT2D eigenvalue weighted by Gasteiger charge is -2.17. The van der Waals surface area contributed by atoms with Crippen molar-refractivity contribution in [2.24, 2.45) is 0 Å². The maximum Gasteiger partial charge on any atom is 0.417 e. The van der Waals surface area contributed by atoms with Gasteiger partial charge in [-0.05, 0) is 64.4 Å². The van der Waals surface area contributed by atoms with Crippen molar-refractivity contribution in [1.82, 2.24) is 14.9 Å². The number of carbonyl (C=O) groups is 2. The van der Waals surface area contributed by atoms with Crippen LogP contribution in [0.3, 0.4) is 0 Å². The molecule has 0 saturated heterocycles. The summed E-state index contributed by atoms with van der Waals surface area (Å²) in [5.41, 5.74) is 1.63. The fourth-order valence-corrected chi connectivity index (χ4v) is 5.31. The number of aromatic nitrogens is 2. The zero-order valence-corrected chi connectivity index (χ0v) is 24.3. The number of para-hydroxylation sites is 1. The highest BCUT2D eigenvalue weighted by atomic mass is 35.5. The van der Waals surface area contributed by atoms with Gasteiger partial charge in [-0.2, -0.15) is 4.98 Å². The molecule has 0 unspecified atom stereocenters. The largest absolute Gasteiger partial charge is 0.489 e. The maximum absolute atomic E-state index is 13.0. The Morgan fingerprint density at radius 1 is 1.12 bits per heavy atom. The summed E-state index contributed by atoms with van der Waals surface area (Å²) in [5.74, 6) is 0.212. The summed E-state index contributed by atoms with van der Waals surface area (Å²) in [4.78, 5) is 35.1. The van der Waals surface area contributed by atoms with E-state index in [9.17, 15) is 18.0 Å².